The lowest BCUT2D eigenvalue weighted by atomic mass is 9.94. The third-order valence-electron chi connectivity index (χ3n) is 2.81. The van der Waals surface area contributed by atoms with Gasteiger partial charge in [0.1, 0.15) is 0 Å². The fourth-order valence-corrected chi connectivity index (χ4v) is 1.88. The van der Waals surface area contributed by atoms with Gasteiger partial charge in [0.2, 0.25) is 0 Å². The van der Waals surface area contributed by atoms with E-state index in [1.54, 1.807) is 0 Å². The number of halogens is 6. The smallest absolute Gasteiger partial charge is 0.408 e. The Balaban J connectivity index is 2.47. The van der Waals surface area contributed by atoms with Crippen molar-refractivity contribution in [2.24, 2.45) is 5.92 Å². The first-order valence-corrected chi connectivity index (χ1v) is 5.44. The fraction of sp³-hybridized carbons (Fsp3) is 0.364. The highest BCUT2D eigenvalue weighted by atomic mass is 19.4. The largest absolute Gasteiger partial charge is 0.417 e. The molecule has 0 bridgehead atoms. The third-order valence-corrected chi connectivity index (χ3v) is 2.81. The van der Waals surface area contributed by atoms with E-state index in [9.17, 15) is 36.2 Å². The Bertz CT molecular complexity index is 684. The van der Waals surface area contributed by atoms with Gasteiger partial charge in [0.15, 0.2) is 11.5 Å². The summed E-state index contributed by atoms with van der Waals surface area (Å²) in [7, 11) is 0. The molecule has 0 aliphatic rings. The second-order valence-corrected chi connectivity index (χ2v) is 4.28. The lowest BCUT2D eigenvalue weighted by Crippen LogP contribution is -2.40. The molecule has 0 aliphatic heterocycles. The predicted molar refractivity (Wildman–Crippen MR) is 57.4 cm³/mol. The second kappa shape index (κ2) is 4.79. The average Bonchev–Trinajstić information content (AvgIpc) is 2.63. The maximum absolute atomic E-state index is 12.5. The number of rotatable bonds is 2. The van der Waals surface area contributed by atoms with Gasteiger partial charge in [-0.1, -0.05) is 6.07 Å². The third kappa shape index (κ3) is 3.04. The van der Waals surface area contributed by atoms with E-state index in [-0.39, 0.29) is 11.1 Å². The molecular formula is C11H7F6NO3. The summed E-state index contributed by atoms with van der Waals surface area (Å²) in [5.74, 6) is -4.85. The first-order valence-electron chi connectivity index (χ1n) is 5.44. The summed E-state index contributed by atoms with van der Waals surface area (Å²) in [5.41, 5.74) is -0.823. The number of benzene rings is 1. The molecule has 1 unspecified atom stereocenters. The van der Waals surface area contributed by atoms with Crippen molar-refractivity contribution < 1.29 is 35.9 Å². The molecule has 4 nitrogen and oxygen atoms in total. The molecule has 116 valence electrons. The summed E-state index contributed by atoms with van der Waals surface area (Å²) in [6.45, 7) is 0. The number of H-pyrrole nitrogens is 1. The molecule has 1 heterocycles. The minimum absolute atomic E-state index is 0.0894. The highest BCUT2D eigenvalue weighted by Crippen LogP contribution is 2.46. The number of hydrogen-bond acceptors (Lipinski definition) is 3. The van der Waals surface area contributed by atoms with Gasteiger partial charge in [-0.25, -0.2) is 4.79 Å². The van der Waals surface area contributed by atoms with Gasteiger partial charge in [0.05, 0.1) is 11.6 Å². The molecule has 0 amide bonds. The van der Waals surface area contributed by atoms with Gasteiger partial charge < -0.3 is 9.52 Å². The van der Waals surface area contributed by atoms with Crippen molar-refractivity contribution in [1.82, 2.24) is 4.98 Å². The first-order chi connectivity index (χ1) is 9.50. The van der Waals surface area contributed by atoms with Crippen LogP contribution in [-0.4, -0.2) is 22.4 Å². The van der Waals surface area contributed by atoms with Crippen molar-refractivity contribution in [2.45, 2.75) is 18.5 Å². The monoisotopic (exact) mass is 315 g/mol. The summed E-state index contributed by atoms with van der Waals surface area (Å²) in [4.78, 5) is 13.0. The van der Waals surface area contributed by atoms with Crippen LogP contribution in [0.25, 0.3) is 11.1 Å². The van der Waals surface area contributed by atoms with Crippen LogP contribution in [0.15, 0.2) is 27.4 Å². The van der Waals surface area contributed by atoms with Gasteiger partial charge in [-0.2, -0.15) is 26.3 Å². The van der Waals surface area contributed by atoms with Gasteiger partial charge >= 0.3 is 18.1 Å². The molecule has 1 aromatic heterocycles. The summed E-state index contributed by atoms with van der Waals surface area (Å²) in [6, 6.07) is 2.65. The Kier molecular flexibility index (Phi) is 3.52. The summed E-state index contributed by atoms with van der Waals surface area (Å²) in [6.07, 6.45) is -14.2. The lowest BCUT2D eigenvalue weighted by Gasteiger charge is -2.27. The summed E-state index contributed by atoms with van der Waals surface area (Å²) >= 11 is 0. The Hall–Kier alpha value is -1.97. The van der Waals surface area contributed by atoms with E-state index in [4.69, 9.17) is 0 Å². The molecule has 0 radical (unpaired) electrons. The molecular weight excluding hydrogens is 308 g/mol. The van der Waals surface area contributed by atoms with Crippen LogP contribution >= 0.6 is 0 Å². The van der Waals surface area contributed by atoms with Crippen LogP contribution in [0.5, 0.6) is 0 Å². The van der Waals surface area contributed by atoms with Gasteiger partial charge in [-0.3, -0.25) is 4.98 Å². The lowest BCUT2D eigenvalue weighted by molar-refractivity contribution is -0.307. The van der Waals surface area contributed by atoms with Gasteiger partial charge in [-0.05, 0) is 17.7 Å². The maximum atomic E-state index is 12.5. The minimum Gasteiger partial charge on any atom is -0.408 e. The van der Waals surface area contributed by atoms with Gasteiger partial charge in [0.25, 0.3) is 0 Å². The Morgan fingerprint density at radius 2 is 1.67 bits per heavy atom. The molecule has 2 aromatic rings. The first kappa shape index (κ1) is 15.4. The number of oxazole rings is 1. The van der Waals surface area contributed by atoms with Crippen LogP contribution in [-0.2, 0) is 0 Å². The number of aromatic nitrogens is 1. The van der Waals surface area contributed by atoms with E-state index in [1.165, 1.54) is 0 Å². The molecule has 0 saturated carbocycles. The van der Waals surface area contributed by atoms with Crippen LogP contribution in [0.1, 0.15) is 11.7 Å². The minimum atomic E-state index is -5.67. The predicted octanol–water partition coefficient (Wildman–Crippen LogP) is 2.90. The number of alkyl halides is 6. The van der Waals surface area contributed by atoms with Crippen molar-refractivity contribution in [3.8, 4) is 0 Å². The number of fused-ring (bicyclic) bond motifs is 1. The molecule has 0 aliphatic carbocycles. The van der Waals surface area contributed by atoms with Gasteiger partial charge in [-0.15, -0.1) is 0 Å². The van der Waals surface area contributed by atoms with E-state index >= 15 is 0 Å². The van der Waals surface area contributed by atoms with E-state index < -0.39 is 35.7 Å². The van der Waals surface area contributed by atoms with Crippen LogP contribution in [0.2, 0.25) is 0 Å². The second-order valence-electron chi connectivity index (χ2n) is 4.28. The highest BCUT2D eigenvalue weighted by Gasteiger charge is 2.60. The molecule has 1 aromatic carbocycles. The number of aromatic amines is 1. The summed E-state index contributed by atoms with van der Waals surface area (Å²) < 4.78 is 79.6. The quantitative estimate of drug-likeness (QED) is 0.838. The van der Waals surface area contributed by atoms with Crippen molar-refractivity contribution in [3.63, 3.8) is 0 Å². The van der Waals surface area contributed by atoms with E-state index in [1.807, 2.05) is 0 Å². The van der Waals surface area contributed by atoms with Crippen LogP contribution in [0, 0.1) is 5.92 Å². The molecule has 0 spiro atoms. The Morgan fingerprint density at radius 1 is 1.10 bits per heavy atom. The van der Waals surface area contributed by atoms with Crippen molar-refractivity contribution >= 4 is 11.1 Å². The normalized spacial score (nSPS) is 14.9. The average molecular weight is 315 g/mol. The van der Waals surface area contributed by atoms with Gasteiger partial charge in [0, 0.05) is 0 Å². The molecule has 21 heavy (non-hydrogen) atoms. The molecule has 0 fully saturated rings. The topological polar surface area (TPSA) is 66.2 Å². The Morgan fingerprint density at radius 3 is 2.19 bits per heavy atom. The SMILES string of the molecule is O=c1[nH]c2ccc(C(O)C(C(F)(F)F)C(F)(F)F)cc2o1. The zero-order chi connectivity index (χ0) is 16.0. The number of aliphatic hydroxyl groups excluding tert-OH is 1. The van der Waals surface area contributed by atoms with Crippen LogP contribution in [0.4, 0.5) is 26.3 Å². The van der Waals surface area contributed by atoms with Crippen LogP contribution < -0.4 is 5.76 Å². The van der Waals surface area contributed by atoms with Crippen LogP contribution in [0.3, 0.4) is 0 Å². The number of hydrogen-bond donors (Lipinski definition) is 2. The van der Waals surface area contributed by atoms with E-state index in [0.717, 1.165) is 18.2 Å². The summed E-state index contributed by atoms with van der Waals surface area (Å²) in [5, 5.41) is 9.45. The molecule has 0 saturated heterocycles. The zero-order valence-electron chi connectivity index (χ0n) is 9.92. The zero-order valence-corrected chi connectivity index (χ0v) is 9.92. The van der Waals surface area contributed by atoms with Crippen molar-refractivity contribution in [1.29, 1.82) is 0 Å². The molecule has 1 atom stereocenters. The number of nitrogens with one attached hydrogen (secondary N) is 1. The molecule has 2 N–H and O–H groups in total. The number of aliphatic hydroxyl groups is 1. The van der Waals surface area contributed by atoms with Crippen molar-refractivity contribution in [3.05, 3.63) is 34.3 Å². The van der Waals surface area contributed by atoms with E-state index in [2.05, 4.69) is 9.40 Å². The van der Waals surface area contributed by atoms with Crippen molar-refractivity contribution in [2.75, 3.05) is 0 Å². The van der Waals surface area contributed by atoms with E-state index in [0.29, 0.717) is 0 Å². The highest BCUT2D eigenvalue weighted by molar-refractivity contribution is 5.72. The standard InChI is InChI=1S/C11H7F6NO3/c12-10(13,14)8(11(15,16)17)7(19)4-1-2-5-6(3-4)21-9(20)18-5/h1-3,7-8,19H,(H,18,20). The molecule has 10 heteroatoms. The molecule has 2 rings (SSSR count). The maximum Gasteiger partial charge on any atom is 0.417 e. The fourth-order valence-electron chi connectivity index (χ4n) is 1.88. The Labute approximate surface area is 112 Å².